The average molecular weight is 380 g/mol. The van der Waals surface area contributed by atoms with Gasteiger partial charge < -0.3 is 0 Å². The van der Waals surface area contributed by atoms with Crippen molar-refractivity contribution in [1.82, 2.24) is 14.4 Å². The van der Waals surface area contributed by atoms with Crippen LogP contribution in [0.25, 0.3) is 16.7 Å². The lowest BCUT2D eigenvalue weighted by molar-refractivity contribution is 0.922. The summed E-state index contributed by atoms with van der Waals surface area (Å²) in [6.07, 6.45) is 5.46. The predicted molar refractivity (Wildman–Crippen MR) is 107 cm³/mol. The molecule has 4 aromatic rings. The van der Waals surface area contributed by atoms with Crippen LogP contribution in [0.1, 0.15) is 37.1 Å². The summed E-state index contributed by atoms with van der Waals surface area (Å²) < 4.78 is 2.21. The van der Waals surface area contributed by atoms with E-state index in [4.69, 9.17) is 21.6 Å². The summed E-state index contributed by atoms with van der Waals surface area (Å²) in [6.45, 7) is 2.16. The molecule has 3 nitrogen and oxygen atoms in total. The third-order valence-corrected chi connectivity index (χ3v) is 6.21. The number of hydrogen-bond donors (Lipinski definition) is 0. The molecule has 5 heteroatoms. The number of halogens is 1. The summed E-state index contributed by atoms with van der Waals surface area (Å²) in [5.41, 5.74) is 5.53. The quantitative estimate of drug-likeness (QED) is 0.427. The minimum Gasteiger partial charge on any atom is -0.298 e. The highest BCUT2D eigenvalue weighted by molar-refractivity contribution is 7.99. The highest BCUT2D eigenvalue weighted by atomic mass is 35.5. The van der Waals surface area contributed by atoms with Gasteiger partial charge in [0.1, 0.15) is 11.2 Å². The van der Waals surface area contributed by atoms with Gasteiger partial charge >= 0.3 is 0 Å². The van der Waals surface area contributed by atoms with E-state index in [9.17, 15) is 0 Å². The van der Waals surface area contributed by atoms with Gasteiger partial charge in [-0.2, -0.15) is 0 Å². The molecule has 3 heterocycles. The summed E-state index contributed by atoms with van der Waals surface area (Å²) in [4.78, 5) is 12.4. The number of benzene rings is 1. The second-order valence-corrected chi connectivity index (χ2v) is 8.21. The van der Waals surface area contributed by atoms with Crippen molar-refractivity contribution in [2.24, 2.45) is 0 Å². The second kappa shape index (κ2) is 6.29. The first-order valence-electron chi connectivity index (χ1n) is 8.97. The molecular weight excluding hydrogens is 362 g/mol. The van der Waals surface area contributed by atoms with Crippen molar-refractivity contribution in [2.75, 3.05) is 0 Å². The van der Waals surface area contributed by atoms with E-state index in [1.54, 1.807) is 11.8 Å². The molecule has 26 heavy (non-hydrogen) atoms. The van der Waals surface area contributed by atoms with Crippen LogP contribution in [0.2, 0.25) is 5.02 Å². The van der Waals surface area contributed by atoms with E-state index in [1.807, 2.05) is 18.2 Å². The van der Waals surface area contributed by atoms with Gasteiger partial charge in [0.15, 0.2) is 0 Å². The third-order valence-electron chi connectivity index (χ3n) is 4.84. The van der Waals surface area contributed by atoms with E-state index < -0.39 is 0 Å². The van der Waals surface area contributed by atoms with Crippen LogP contribution in [0.5, 0.6) is 0 Å². The predicted octanol–water partition coefficient (Wildman–Crippen LogP) is 6.13. The third kappa shape index (κ3) is 2.68. The molecule has 0 amide bonds. The van der Waals surface area contributed by atoms with E-state index in [0.717, 1.165) is 28.3 Å². The fraction of sp³-hybridized carbons (Fsp3) is 0.238. The molecule has 1 aliphatic rings. The zero-order chi connectivity index (χ0) is 17.7. The topological polar surface area (TPSA) is 30.2 Å². The largest absolute Gasteiger partial charge is 0.298 e. The highest BCUT2D eigenvalue weighted by Gasteiger charge is 2.31. The first kappa shape index (κ1) is 16.2. The lowest BCUT2D eigenvalue weighted by Gasteiger charge is -2.12. The molecule has 0 aliphatic heterocycles. The van der Waals surface area contributed by atoms with Gasteiger partial charge in [0.2, 0.25) is 0 Å². The molecular formula is C21H18ClN3S. The number of aryl methyl sites for hydroxylation is 1. The Bertz CT molecular complexity index is 1110. The Morgan fingerprint density at radius 1 is 1.12 bits per heavy atom. The number of pyridine rings is 2. The molecule has 1 aromatic carbocycles. The minimum absolute atomic E-state index is 0.578. The van der Waals surface area contributed by atoms with E-state index >= 15 is 0 Å². The molecule has 1 aliphatic carbocycles. The monoisotopic (exact) mass is 379 g/mol. The summed E-state index contributed by atoms with van der Waals surface area (Å²) in [5, 5.41) is 0.760. The van der Waals surface area contributed by atoms with Crippen molar-refractivity contribution in [2.45, 2.75) is 41.9 Å². The van der Waals surface area contributed by atoms with Gasteiger partial charge in [-0.15, -0.1) is 0 Å². The van der Waals surface area contributed by atoms with Gasteiger partial charge in [-0.25, -0.2) is 4.98 Å². The van der Waals surface area contributed by atoms with Crippen molar-refractivity contribution in [1.29, 1.82) is 0 Å². The van der Waals surface area contributed by atoms with Crippen LogP contribution in [-0.2, 0) is 6.42 Å². The second-order valence-electron chi connectivity index (χ2n) is 6.69. The zero-order valence-electron chi connectivity index (χ0n) is 14.4. The Labute approximate surface area is 161 Å². The summed E-state index contributed by atoms with van der Waals surface area (Å²) in [5.74, 6) is 0.578. The van der Waals surface area contributed by atoms with Crippen molar-refractivity contribution >= 4 is 40.0 Å². The molecule has 0 N–H and O–H groups in total. The van der Waals surface area contributed by atoms with Crippen molar-refractivity contribution in [3.63, 3.8) is 0 Å². The molecule has 0 bridgehead atoms. The van der Waals surface area contributed by atoms with E-state index in [-0.39, 0.29) is 0 Å². The Hall–Kier alpha value is -2.04. The fourth-order valence-electron chi connectivity index (χ4n) is 3.39. The van der Waals surface area contributed by atoms with Gasteiger partial charge in [-0.3, -0.25) is 9.38 Å². The molecule has 0 atom stereocenters. The zero-order valence-corrected chi connectivity index (χ0v) is 16.0. The Balaban J connectivity index is 1.81. The molecule has 0 unspecified atom stereocenters. The summed E-state index contributed by atoms with van der Waals surface area (Å²) in [7, 11) is 0. The van der Waals surface area contributed by atoms with Crippen molar-refractivity contribution in [3.05, 3.63) is 65.1 Å². The normalized spacial score (nSPS) is 14.4. The van der Waals surface area contributed by atoms with Gasteiger partial charge in [-0.1, -0.05) is 36.4 Å². The number of aromatic nitrogens is 3. The van der Waals surface area contributed by atoms with Gasteiger partial charge in [-0.05, 0) is 55.7 Å². The molecule has 1 saturated carbocycles. The van der Waals surface area contributed by atoms with E-state index in [0.29, 0.717) is 5.92 Å². The van der Waals surface area contributed by atoms with Gasteiger partial charge in [0, 0.05) is 22.0 Å². The lowest BCUT2D eigenvalue weighted by Crippen LogP contribution is -2.00. The number of fused-ring (bicyclic) bond motifs is 3. The molecule has 130 valence electrons. The number of hydrogen-bond acceptors (Lipinski definition) is 3. The average Bonchev–Trinajstić information content (AvgIpc) is 3.43. The number of nitrogens with zero attached hydrogens (tertiary/aromatic N) is 3. The maximum absolute atomic E-state index is 6.07. The summed E-state index contributed by atoms with van der Waals surface area (Å²) in [6, 6.07) is 14.2. The van der Waals surface area contributed by atoms with Crippen molar-refractivity contribution < 1.29 is 0 Å². The highest BCUT2D eigenvalue weighted by Crippen LogP contribution is 2.47. The lowest BCUT2D eigenvalue weighted by atomic mass is 10.2. The van der Waals surface area contributed by atoms with Crippen LogP contribution in [0.15, 0.2) is 58.5 Å². The standard InChI is InChI=1S/C21H18ClN3S/c1-2-16-19-20(25-12-4-3-5-17(25)24-19)21(18(23-16)13-6-7-13)26-15-10-8-14(22)9-11-15/h3-5,8-13H,2,6-7H2,1H3. The van der Waals surface area contributed by atoms with Crippen LogP contribution in [0, 0.1) is 0 Å². The number of rotatable bonds is 4. The van der Waals surface area contributed by atoms with Crippen LogP contribution in [0.3, 0.4) is 0 Å². The van der Waals surface area contributed by atoms with Crippen molar-refractivity contribution in [3.8, 4) is 0 Å². The SMILES string of the molecule is CCc1nc(C2CC2)c(Sc2ccc(Cl)cc2)c2c1nc1ccccn12. The van der Waals surface area contributed by atoms with Crippen LogP contribution in [0.4, 0.5) is 0 Å². The Morgan fingerprint density at radius 3 is 2.65 bits per heavy atom. The van der Waals surface area contributed by atoms with E-state index in [2.05, 4.69) is 41.8 Å². The van der Waals surface area contributed by atoms with Crippen LogP contribution in [-0.4, -0.2) is 14.4 Å². The summed E-state index contributed by atoms with van der Waals surface area (Å²) >= 11 is 7.84. The molecule has 1 fully saturated rings. The van der Waals surface area contributed by atoms with Gasteiger partial charge in [0.05, 0.1) is 21.8 Å². The first-order valence-corrected chi connectivity index (χ1v) is 10.2. The maximum atomic E-state index is 6.07. The Morgan fingerprint density at radius 2 is 1.92 bits per heavy atom. The molecule has 5 rings (SSSR count). The molecule has 0 saturated heterocycles. The minimum atomic E-state index is 0.578. The maximum Gasteiger partial charge on any atom is 0.138 e. The van der Waals surface area contributed by atoms with Crippen LogP contribution < -0.4 is 0 Å². The molecule has 3 aromatic heterocycles. The first-order chi connectivity index (χ1) is 12.7. The Kier molecular flexibility index (Phi) is 3.91. The smallest absolute Gasteiger partial charge is 0.138 e. The van der Waals surface area contributed by atoms with Gasteiger partial charge in [0.25, 0.3) is 0 Å². The molecule has 0 spiro atoms. The molecule has 0 radical (unpaired) electrons. The number of imidazole rings is 1. The van der Waals surface area contributed by atoms with Crippen LogP contribution >= 0.6 is 23.4 Å². The van der Waals surface area contributed by atoms with E-state index in [1.165, 1.54) is 33.8 Å². The fourth-order valence-corrected chi connectivity index (χ4v) is 4.63.